The summed E-state index contributed by atoms with van der Waals surface area (Å²) in [5.74, 6) is 0.0310. The van der Waals surface area contributed by atoms with Crippen molar-refractivity contribution < 1.29 is 14.3 Å². The summed E-state index contributed by atoms with van der Waals surface area (Å²) in [6.45, 7) is 0. The third kappa shape index (κ3) is 3.21. The number of fused-ring (bicyclic) bond motifs is 1. The van der Waals surface area contributed by atoms with Crippen LogP contribution in [0.15, 0.2) is 47.5 Å². The van der Waals surface area contributed by atoms with E-state index in [9.17, 15) is 9.59 Å². The first-order chi connectivity index (χ1) is 11.0. The van der Waals surface area contributed by atoms with Crippen LogP contribution in [0.1, 0.15) is 32.7 Å². The van der Waals surface area contributed by atoms with E-state index in [0.29, 0.717) is 35.4 Å². The summed E-state index contributed by atoms with van der Waals surface area (Å²) < 4.78 is 5.35. The van der Waals surface area contributed by atoms with Gasteiger partial charge in [-0.05, 0) is 54.4 Å². The minimum atomic E-state index is -0.481. The van der Waals surface area contributed by atoms with Gasteiger partial charge in [0.25, 0.3) is 0 Å². The molecular weight excluding hydrogens is 294 g/mol. The number of carbonyl (C=O) groups is 2. The second-order valence-electron chi connectivity index (χ2n) is 5.22. The minimum absolute atomic E-state index is 0.0481. The molecule has 1 aliphatic carbocycles. The molecule has 116 valence electrons. The Hall–Kier alpha value is -3.15. The molecule has 0 amide bonds. The lowest BCUT2D eigenvalue weighted by molar-refractivity contribution is 0.0734. The van der Waals surface area contributed by atoms with Gasteiger partial charge in [0, 0.05) is 12.0 Å². The lowest BCUT2D eigenvalue weighted by Crippen LogP contribution is -2.21. The van der Waals surface area contributed by atoms with E-state index in [1.54, 1.807) is 42.5 Å². The highest BCUT2D eigenvalue weighted by Gasteiger charge is 2.20. The first-order valence-corrected chi connectivity index (χ1v) is 7.11. The Balaban J connectivity index is 1.74. The fourth-order valence-corrected chi connectivity index (χ4v) is 2.48. The number of nitrogens with zero attached hydrogens (tertiary/aromatic N) is 1. The highest BCUT2D eigenvalue weighted by atomic mass is 16.5. The van der Waals surface area contributed by atoms with Crippen molar-refractivity contribution in [1.29, 1.82) is 0 Å². The summed E-state index contributed by atoms with van der Waals surface area (Å²) in [6, 6.07) is 11.5. The molecule has 2 aromatic rings. The fraction of sp³-hybridized carbons (Fsp3) is 0.118. The van der Waals surface area contributed by atoms with Crippen LogP contribution in [0.3, 0.4) is 0 Å². The van der Waals surface area contributed by atoms with Gasteiger partial charge in [-0.15, -0.1) is 0 Å². The molecule has 6 heteroatoms. The first-order valence-electron chi connectivity index (χ1n) is 7.11. The van der Waals surface area contributed by atoms with Gasteiger partial charge >= 0.3 is 5.97 Å². The topological polar surface area (TPSA) is 108 Å². The van der Waals surface area contributed by atoms with Crippen LogP contribution in [-0.2, 0) is 6.42 Å². The molecule has 0 bridgehead atoms. The van der Waals surface area contributed by atoms with Crippen molar-refractivity contribution in [2.45, 2.75) is 12.8 Å². The smallest absolute Gasteiger partial charge is 0.343 e. The van der Waals surface area contributed by atoms with Crippen molar-refractivity contribution >= 4 is 23.4 Å². The van der Waals surface area contributed by atoms with Gasteiger partial charge in [-0.3, -0.25) is 4.79 Å². The zero-order chi connectivity index (χ0) is 16.4. The number of rotatable bonds is 3. The number of esters is 1. The van der Waals surface area contributed by atoms with Crippen LogP contribution < -0.4 is 16.2 Å². The lowest BCUT2D eigenvalue weighted by Gasteiger charge is -2.06. The van der Waals surface area contributed by atoms with E-state index in [1.165, 1.54) is 0 Å². The van der Waals surface area contributed by atoms with Crippen LogP contribution >= 0.6 is 0 Å². The summed E-state index contributed by atoms with van der Waals surface area (Å²) in [5, 5.41) is 0. The predicted molar refractivity (Wildman–Crippen MR) is 86.0 cm³/mol. The number of ether oxygens (including phenoxy) is 1. The van der Waals surface area contributed by atoms with E-state index in [4.69, 9.17) is 16.2 Å². The molecule has 0 atom stereocenters. The van der Waals surface area contributed by atoms with Gasteiger partial charge < -0.3 is 16.2 Å². The van der Waals surface area contributed by atoms with Gasteiger partial charge in [-0.2, -0.15) is 0 Å². The molecule has 4 N–H and O–H groups in total. The van der Waals surface area contributed by atoms with Gasteiger partial charge in [0.1, 0.15) is 5.75 Å². The molecule has 23 heavy (non-hydrogen) atoms. The molecule has 1 aliphatic rings. The van der Waals surface area contributed by atoms with Crippen LogP contribution in [0.2, 0.25) is 0 Å². The molecule has 0 saturated heterocycles. The van der Waals surface area contributed by atoms with Crippen molar-refractivity contribution in [3.63, 3.8) is 0 Å². The number of nitrogens with two attached hydrogens (primary N) is 2. The number of carbonyl (C=O) groups excluding carboxylic acids is 2. The van der Waals surface area contributed by atoms with E-state index in [-0.39, 0.29) is 11.7 Å². The Labute approximate surface area is 132 Å². The maximum absolute atomic E-state index is 12.1. The number of ketones is 1. The number of guanidine groups is 1. The van der Waals surface area contributed by atoms with Crippen LogP contribution in [0.5, 0.6) is 5.75 Å². The highest BCUT2D eigenvalue weighted by molar-refractivity contribution is 6.00. The minimum Gasteiger partial charge on any atom is -0.423 e. The van der Waals surface area contributed by atoms with Gasteiger partial charge in [0.05, 0.1) is 11.3 Å². The number of aryl methyl sites for hydroxylation is 1. The van der Waals surface area contributed by atoms with Crippen molar-refractivity contribution in [3.05, 3.63) is 59.2 Å². The SMILES string of the molecule is NC(N)=Nc1ccc(C(=O)Oc2ccc3c(c2)CCC3=O)cc1. The van der Waals surface area contributed by atoms with E-state index in [0.717, 1.165) is 5.56 Å². The van der Waals surface area contributed by atoms with Gasteiger partial charge in [-0.1, -0.05) is 0 Å². The quantitative estimate of drug-likeness (QED) is 0.390. The third-order valence-electron chi connectivity index (χ3n) is 3.57. The monoisotopic (exact) mass is 309 g/mol. The zero-order valence-corrected chi connectivity index (χ0v) is 12.3. The van der Waals surface area contributed by atoms with E-state index in [1.807, 2.05) is 0 Å². The summed E-state index contributed by atoms with van der Waals surface area (Å²) in [4.78, 5) is 27.6. The number of aliphatic imine (C=N–C) groups is 1. The standard InChI is InChI=1S/C17H15N3O3/c18-17(19)20-12-4-1-10(2-5-12)16(22)23-13-6-7-14-11(9-13)3-8-15(14)21/h1-2,4-7,9H,3,8H2,(H4,18,19,20). The molecule has 2 aromatic carbocycles. The number of Topliss-reactive ketones (excluding diaryl/α,β-unsaturated/α-hetero) is 1. The Morgan fingerprint density at radius 2 is 1.78 bits per heavy atom. The molecule has 0 heterocycles. The highest BCUT2D eigenvalue weighted by Crippen LogP contribution is 2.26. The normalized spacial score (nSPS) is 12.6. The Kier molecular flexibility index (Phi) is 3.80. The molecule has 0 radical (unpaired) electrons. The molecule has 6 nitrogen and oxygen atoms in total. The zero-order valence-electron chi connectivity index (χ0n) is 12.3. The predicted octanol–water partition coefficient (Wildman–Crippen LogP) is 1.94. The average molecular weight is 309 g/mol. The summed E-state index contributed by atoms with van der Waals surface area (Å²) in [5.41, 5.74) is 13.2. The van der Waals surface area contributed by atoms with Crippen molar-refractivity contribution in [2.24, 2.45) is 16.5 Å². The van der Waals surface area contributed by atoms with Crippen LogP contribution in [0, 0.1) is 0 Å². The van der Waals surface area contributed by atoms with Crippen molar-refractivity contribution in [2.75, 3.05) is 0 Å². The number of benzene rings is 2. The molecule has 0 unspecified atom stereocenters. The first kappa shape index (κ1) is 14.8. The second kappa shape index (κ2) is 5.92. The van der Waals surface area contributed by atoms with Gasteiger partial charge in [0.15, 0.2) is 11.7 Å². The molecule has 0 saturated carbocycles. The lowest BCUT2D eigenvalue weighted by atomic mass is 10.1. The van der Waals surface area contributed by atoms with Crippen molar-refractivity contribution in [1.82, 2.24) is 0 Å². The fourth-order valence-electron chi connectivity index (χ4n) is 2.48. The van der Waals surface area contributed by atoms with Crippen molar-refractivity contribution in [3.8, 4) is 5.75 Å². The maximum Gasteiger partial charge on any atom is 0.343 e. The number of hydrogen-bond acceptors (Lipinski definition) is 4. The molecule has 0 fully saturated rings. The molecule has 0 spiro atoms. The molecule has 0 aliphatic heterocycles. The summed E-state index contributed by atoms with van der Waals surface area (Å²) in [6.07, 6.45) is 1.20. The Morgan fingerprint density at radius 3 is 2.48 bits per heavy atom. The third-order valence-corrected chi connectivity index (χ3v) is 3.57. The maximum atomic E-state index is 12.1. The van der Waals surface area contributed by atoms with E-state index < -0.39 is 5.97 Å². The number of hydrogen-bond donors (Lipinski definition) is 2. The molecule has 0 aromatic heterocycles. The largest absolute Gasteiger partial charge is 0.423 e. The van der Waals surface area contributed by atoms with Gasteiger partial charge in [-0.25, -0.2) is 9.79 Å². The van der Waals surface area contributed by atoms with E-state index >= 15 is 0 Å². The average Bonchev–Trinajstić information content (AvgIpc) is 2.88. The summed E-state index contributed by atoms with van der Waals surface area (Å²) >= 11 is 0. The second-order valence-corrected chi connectivity index (χ2v) is 5.22. The van der Waals surface area contributed by atoms with Gasteiger partial charge in [0.2, 0.25) is 0 Å². The Morgan fingerprint density at radius 1 is 1.04 bits per heavy atom. The molecule has 3 rings (SSSR count). The van der Waals surface area contributed by atoms with Crippen LogP contribution in [-0.4, -0.2) is 17.7 Å². The van der Waals surface area contributed by atoms with Crippen LogP contribution in [0.4, 0.5) is 5.69 Å². The molecular formula is C17H15N3O3. The van der Waals surface area contributed by atoms with E-state index in [2.05, 4.69) is 4.99 Å². The summed E-state index contributed by atoms with van der Waals surface area (Å²) in [7, 11) is 0. The van der Waals surface area contributed by atoms with Crippen LogP contribution in [0.25, 0.3) is 0 Å². The Bertz CT molecular complexity index is 806.